The van der Waals surface area contributed by atoms with Gasteiger partial charge in [-0.05, 0) is 6.92 Å². The summed E-state index contributed by atoms with van der Waals surface area (Å²) in [6.45, 7) is 1.25. The van der Waals surface area contributed by atoms with Gasteiger partial charge in [0.15, 0.2) is 0 Å². The second kappa shape index (κ2) is 5.65. The molecule has 11 heteroatoms. The summed E-state index contributed by atoms with van der Waals surface area (Å²) in [4.78, 5) is 41.7. The van der Waals surface area contributed by atoms with Crippen LogP contribution in [0.2, 0.25) is 0 Å². The van der Waals surface area contributed by atoms with Crippen LogP contribution in [0.25, 0.3) is 0 Å². The molecule has 1 aliphatic heterocycles. The van der Waals surface area contributed by atoms with Crippen molar-refractivity contribution in [3.8, 4) is 0 Å². The quantitative estimate of drug-likeness (QED) is 0.453. The molecule has 0 aromatic heterocycles. The molecule has 1 rings (SSSR count). The molecule has 19 heavy (non-hydrogen) atoms. The number of imide groups is 2. The zero-order valence-electron chi connectivity index (χ0n) is 9.50. The summed E-state index contributed by atoms with van der Waals surface area (Å²) in [5.41, 5.74) is 3.91. The molecule has 4 amide bonds. The van der Waals surface area contributed by atoms with E-state index < -0.39 is 35.4 Å². The van der Waals surface area contributed by atoms with Crippen LogP contribution in [0.3, 0.4) is 0 Å². The number of barbiturate groups is 1. The number of carbonyl (C=O) groups excluding carboxylic acids is 3. The Hall–Kier alpha value is -2.17. The monoisotopic (exact) mass is 285 g/mol. The molecule has 5 N–H and O–H groups in total. The molecule has 1 aliphatic rings. The summed E-state index contributed by atoms with van der Waals surface area (Å²) in [5, 5.41) is 11.0. The highest BCUT2D eigenvalue weighted by Gasteiger charge is 2.45. The highest BCUT2D eigenvalue weighted by atomic mass is 19.4. The van der Waals surface area contributed by atoms with Gasteiger partial charge in [0.05, 0.1) is 0 Å². The van der Waals surface area contributed by atoms with Crippen molar-refractivity contribution in [2.24, 2.45) is 11.1 Å². The van der Waals surface area contributed by atoms with Gasteiger partial charge in [0.2, 0.25) is 11.8 Å². The maximum absolute atomic E-state index is 11.1. The fourth-order valence-electron chi connectivity index (χ4n) is 0.802. The largest absolute Gasteiger partial charge is 0.490 e. The molecule has 0 aromatic carbocycles. The van der Waals surface area contributed by atoms with Gasteiger partial charge in [0, 0.05) is 6.54 Å². The minimum absolute atomic E-state index is 0.127. The smallest absolute Gasteiger partial charge is 0.475 e. The summed E-state index contributed by atoms with van der Waals surface area (Å²) in [6, 6.07) is -0.795. The molecule has 1 heterocycles. The maximum atomic E-state index is 11.1. The van der Waals surface area contributed by atoms with Gasteiger partial charge in [0.1, 0.15) is 5.41 Å². The molecular weight excluding hydrogens is 275 g/mol. The number of amides is 4. The van der Waals surface area contributed by atoms with Crippen molar-refractivity contribution in [1.82, 2.24) is 10.6 Å². The lowest BCUT2D eigenvalue weighted by Gasteiger charge is -2.28. The Kier molecular flexibility index (Phi) is 5.00. The van der Waals surface area contributed by atoms with E-state index in [-0.39, 0.29) is 6.54 Å². The van der Waals surface area contributed by atoms with E-state index >= 15 is 0 Å². The standard InChI is InChI=1S/C6H9N3O3.C2HF3O2/c1-6(2-7)3(10)8-5(12)9-4(6)11;3-2(4,5)1(6)7/h2,7H2,1H3,(H2,8,9,10,11,12);(H,6,7). The Morgan fingerprint density at radius 1 is 1.26 bits per heavy atom. The minimum Gasteiger partial charge on any atom is -0.475 e. The van der Waals surface area contributed by atoms with Crippen molar-refractivity contribution in [2.45, 2.75) is 13.1 Å². The SMILES string of the molecule is CC1(CN)C(=O)NC(=O)NC1=O.O=C(O)C(F)(F)F. The molecule has 1 saturated heterocycles. The zero-order valence-corrected chi connectivity index (χ0v) is 9.50. The van der Waals surface area contributed by atoms with Gasteiger partial charge < -0.3 is 10.8 Å². The molecular formula is C8H10F3N3O5. The first-order chi connectivity index (χ1) is 8.45. The second-order valence-corrected chi connectivity index (χ2v) is 3.58. The first-order valence-corrected chi connectivity index (χ1v) is 4.62. The van der Waals surface area contributed by atoms with E-state index in [0.717, 1.165) is 0 Å². The third-order valence-corrected chi connectivity index (χ3v) is 2.11. The van der Waals surface area contributed by atoms with Crippen LogP contribution in [0.5, 0.6) is 0 Å². The summed E-state index contributed by atoms with van der Waals surface area (Å²) >= 11 is 0. The van der Waals surface area contributed by atoms with Crippen molar-refractivity contribution in [3.05, 3.63) is 0 Å². The van der Waals surface area contributed by atoms with E-state index in [1.54, 1.807) is 0 Å². The van der Waals surface area contributed by atoms with Gasteiger partial charge in [-0.2, -0.15) is 13.2 Å². The topological polar surface area (TPSA) is 139 Å². The first-order valence-electron chi connectivity index (χ1n) is 4.62. The van der Waals surface area contributed by atoms with E-state index in [9.17, 15) is 27.6 Å². The highest BCUT2D eigenvalue weighted by molar-refractivity contribution is 6.19. The second-order valence-electron chi connectivity index (χ2n) is 3.58. The van der Waals surface area contributed by atoms with E-state index in [1.807, 2.05) is 10.6 Å². The van der Waals surface area contributed by atoms with Gasteiger partial charge in [-0.3, -0.25) is 20.2 Å². The number of nitrogens with one attached hydrogen (secondary N) is 2. The number of carboxylic acids is 1. The predicted octanol–water partition coefficient (Wildman–Crippen LogP) is -1.05. The summed E-state index contributed by atoms with van der Waals surface area (Å²) in [7, 11) is 0. The van der Waals surface area contributed by atoms with Crippen LogP contribution in [-0.2, 0) is 14.4 Å². The summed E-state index contributed by atoms with van der Waals surface area (Å²) in [6.07, 6.45) is -5.08. The molecule has 8 nitrogen and oxygen atoms in total. The Balaban J connectivity index is 0.000000399. The van der Waals surface area contributed by atoms with E-state index in [0.29, 0.717) is 0 Å². The maximum Gasteiger partial charge on any atom is 0.490 e. The fraction of sp³-hybridized carbons (Fsp3) is 0.500. The number of rotatable bonds is 1. The molecule has 0 unspecified atom stereocenters. The van der Waals surface area contributed by atoms with Gasteiger partial charge >= 0.3 is 18.2 Å². The van der Waals surface area contributed by atoms with E-state index in [2.05, 4.69) is 0 Å². The number of carboxylic acid groups (broad SMARTS) is 1. The number of halogens is 3. The van der Waals surface area contributed by atoms with Crippen molar-refractivity contribution >= 4 is 23.8 Å². The van der Waals surface area contributed by atoms with Crippen LogP contribution in [0.4, 0.5) is 18.0 Å². The third-order valence-electron chi connectivity index (χ3n) is 2.11. The Bertz CT molecular complexity index is 400. The molecule has 0 atom stereocenters. The Morgan fingerprint density at radius 3 is 1.79 bits per heavy atom. The summed E-state index contributed by atoms with van der Waals surface area (Å²) in [5.74, 6) is -4.06. The average Bonchev–Trinajstić information content (AvgIpc) is 2.25. The number of alkyl halides is 3. The highest BCUT2D eigenvalue weighted by Crippen LogP contribution is 2.17. The van der Waals surface area contributed by atoms with E-state index in [4.69, 9.17) is 15.6 Å². The van der Waals surface area contributed by atoms with Crippen LogP contribution < -0.4 is 16.4 Å². The summed E-state index contributed by atoms with van der Waals surface area (Å²) < 4.78 is 31.7. The lowest BCUT2D eigenvalue weighted by molar-refractivity contribution is -0.192. The fourth-order valence-corrected chi connectivity index (χ4v) is 0.802. The van der Waals surface area contributed by atoms with Crippen molar-refractivity contribution in [3.63, 3.8) is 0 Å². The number of aliphatic carboxylic acids is 1. The van der Waals surface area contributed by atoms with Gasteiger partial charge in [-0.15, -0.1) is 0 Å². The first kappa shape index (κ1) is 16.8. The van der Waals surface area contributed by atoms with Crippen LogP contribution in [-0.4, -0.2) is 41.6 Å². The van der Waals surface area contributed by atoms with Crippen LogP contribution in [0.15, 0.2) is 0 Å². The van der Waals surface area contributed by atoms with Gasteiger partial charge in [0.25, 0.3) is 0 Å². The molecule has 0 spiro atoms. The lowest BCUT2D eigenvalue weighted by atomic mass is 9.87. The van der Waals surface area contributed by atoms with Crippen LogP contribution in [0.1, 0.15) is 6.92 Å². The Labute approximate surface area is 104 Å². The minimum atomic E-state index is -5.08. The molecule has 0 saturated carbocycles. The third kappa shape index (κ3) is 4.21. The predicted molar refractivity (Wildman–Crippen MR) is 52.5 cm³/mol. The molecule has 0 aromatic rings. The number of carbonyl (C=O) groups is 4. The normalized spacial score (nSPS) is 17.8. The lowest BCUT2D eigenvalue weighted by Crippen LogP contribution is -2.63. The molecule has 0 radical (unpaired) electrons. The molecule has 1 fully saturated rings. The van der Waals surface area contributed by atoms with Crippen LogP contribution in [0, 0.1) is 5.41 Å². The number of hydrogen-bond donors (Lipinski definition) is 4. The van der Waals surface area contributed by atoms with Crippen molar-refractivity contribution < 1.29 is 37.5 Å². The molecule has 0 bridgehead atoms. The number of urea groups is 1. The number of nitrogens with two attached hydrogens (primary N) is 1. The Morgan fingerprint density at radius 2 is 1.58 bits per heavy atom. The van der Waals surface area contributed by atoms with Crippen LogP contribution >= 0.6 is 0 Å². The van der Waals surface area contributed by atoms with Gasteiger partial charge in [-0.25, -0.2) is 9.59 Å². The molecule has 108 valence electrons. The molecule has 0 aliphatic carbocycles. The van der Waals surface area contributed by atoms with Crippen molar-refractivity contribution in [1.29, 1.82) is 0 Å². The van der Waals surface area contributed by atoms with E-state index in [1.165, 1.54) is 6.92 Å². The number of hydrogen-bond acceptors (Lipinski definition) is 5. The zero-order chi connectivity index (χ0) is 15.4. The van der Waals surface area contributed by atoms with Gasteiger partial charge in [-0.1, -0.05) is 0 Å². The average molecular weight is 285 g/mol. The van der Waals surface area contributed by atoms with Crippen molar-refractivity contribution in [2.75, 3.05) is 6.54 Å².